The monoisotopic (exact) mass is 510 g/mol. The molecule has 1 heterocycles. The van der Waals surface area contributed by atoms with Gasteiger partial charge in [-0.1, -0.05) is 166 Å². The Hall–Kier alpha value is -1.44. The fourth-order valence-corrected chi connectivity index (χ4v) is 5.84. The van der Waals surface area contributed by atoms with Gasteiger partial charge in [-0.25, -0.2) is 0 Å². The fourth-order valence-electron chi connectivity index (χ4n) is 5.84. The van der Waals surface area contributed by atoms with E-state index in [0.717, 1.165) is 6.54 Å². The van der Waals surface area contributed by atoms with E-state index in [9.17, 15) is 0 Å². The zero-order chi connectivity index (χ0) is 26.2. The van der Waals surface area contributed by atoms with Crippen LogP contribution in [0.15, 0.2) is 42.7 Å². The lowest BCUT2D eigenvalue weighted by molar-refractivity contribution is 0.132. The summed E-state index contributed by atoms with van der Waals surface area (Å²) in [7, 11) is 0. The van der Waals surface area contributed by atoms with Crippen LogP contribution in [0.5, 0.6) is 0 Å². The molecule has 1 aromatic carbocycles. The maximum absolute atomic E-state index is 2.66. The van der Waals surface area contributed by atoms with E-state index in [4.69, 9.17) is 0 Å². The van der Waals surface area contributed by atoms with Crippen LogP contribution >= 0.6 is 0 Å². The second-order valence-corrected chi connectivity index (χ2v) is 11.7. The molecule has 0 radical (unpaired) electrons. The molecule has 1 aliphatic heterocycles. The van der Waals surface area contributed by atoms with Crippen molar-refractivity contribution in [3.05, 3.63) is 48.3 Å². The molecule has 0 saturated carbocycles. The van der Waals surface area contributed by atoms with Crippen molar-refractivity contribution < 1.29 is 0 Å². The molecule has 1 atom stereocenters. The number of unbranched alkanes of at least 4 members (excludes halogenated alkanes) is 19. The molecular formula is C35H62N2. The summed E-state index contributed by atoms with van der Waals surface area (Å²) in [5.74, 6) is 0. The highest BCUT2D eigenvalue weighted by molar-refractivity contribution is 5.16. The molecule has 0 fully saturated rings. The summed E-state index contributed by atoms with van der Waals surface area (Å²) in [5, 5.41) is 0. The van der Waals surface area contributed by atoms with Crippen LogP contribution in [0.3, 0.4) is 0 Å². The maximum Gasteiger partial charge on any atom is 0.101 e. The number of hydrogen-bond donors (Lipinski definition) is 0. The Morgan fingerprint density at radius 2 is 0.919 bits per heavy atom. The van der Waals surface area contributed by atoms with Crippen LogP contribution in [0.4, 0.5) is 0 Å². The summed E-state index contributed by atoms with van der Waals surface area (Å²) in [6.07, 6.45) is 36.4. The first-order valence-corrected chi connectivity index (χ1v) is 16.6. The first kappa shape index (κ1) is 31.8. The van der Waals surface area contributed by atoms with Gasteiger partial charge in [-0.05, 0) is 24.8 Å². The molecule has 0 N–H and O–H groups in total. The number of benzene rings is 1. The summed E-state index contributed by atoms with van der Waals surface area (Å²) in [5.41, 5.74) is 1.43. The first-order valence-electron chi connectivity index (χ1n) is 16.6. The Labute approximate surface area is 232 Å². The zero-order valence-electron chi connectivity index (χ0n) is 25.0. The quantitative estimate of drug-likeness (QED) is 0.121. The second-order valence-electron chi connectivity index (χ2n) is 11.7. The van der Waals surface area contributed by atoms with Crippen molar-refractivity contribution in [3.63, 3.8) is 0 Å². The van der Waals surface area contributed by atoms with Crippen LogP contribution in [-0.2, 0) is 6.54 Å². The minimum Gasteiger partial charge on any atom is -0.356 e. The van der Waals surface area contributed by atoms with Crippen LogP contribution < -0.4 is 0 Å². The average Bonchev–Trinajstić information content (AvgIpc) is 3.29. The highest BCUT2D eigenvalue weighted by Gasteiger charge is 2.25. The molecule has 2 heteroatoms. The van der Waals surface area contributed by atoms with Crippen LogP contribution in [0.2, 0.25) is 0 Å². The van der Waals surface area contributed by atoms with Crippen LogP contribution in [0.1, 0.15) is 161 Å². The standard InChI is InChI=1S/C35H62N2/c1-3-5-7-9-11-13-15-17-19-21-26-30-36-31-32-37(33-34-27-23-22-24-28-34)35(36)29-25-20-18-16-14-12-10-8-6-4-2/h22-24,27-28,31-32,35H,3-21,25-26,29-30,33H2,1-2H3. The van der Waals surface area contributed by atoms with Crippen molar-refractivity contribution in [1.82, 2.24) is 9.80 Å². The van der Waals surface area contributed by atoms with Gasteiger partial charge < -0.3 is 9.80 Å². The van der Waals surface area contributed by atoms with Crippen LogP contribution in [-0.4, -0.2) is 22.5 Å². The van der Waals surface area contributed by atoms with E-state index >= 15 is 0 Å². The second kappa shape index (κ2) is 22.5. The molecule has 0 aromatic heterocycles. The van der Waals surface area contributed by atoms with E-state index in [1.54, 1.807) is 0 Å². The molecule has 2 rings (SSSR count). The van der Waals surface area contributed by atoms with Crippen molar-refractivity contribution in [3.8, 4) is 0 Å². The van der Waals surface area contributed by atoms with Gasteiger partial charge in [0.25, 0.3) is 0 Å². The maximum atomic E-state index is 2.66. The van der Waals surface area contributed by atoms with Gasteiger partial charge in [0.2, 0.25) is 0 Å². The summed E-state index contributed by atoms with van der Waals surface area (Å²) >= 11 is 0. The highest BCUT2D eigenvalue weighted by Crippen LogP contribution is 2.25. The minimum absolute atomic E-state index is 0.553. The van der Waals surface area contributed by atoms with Crippen molar-refractivity contribution in [2.24, 2.45) is 0 Å². The Morgan fingerprint density at radius 1 is 0.486 bits per heavy atom. The predicted molar refractivity (Wildman–Crippen MR) is 165 cm³/mol. The van der Waals surface area contributed by atoms with Gasteiger partial charge in [-0.3, -0.25) is 0 Å². The summed E-state index contributed by atoms with van der Waals surface area (Å²) in [6.45, 7) is 6.87. The van der Waals surface area contributed by atoms with E-state index < -0.39 is 0 Å². The van der Waals surface area contributed by atoms with E-state index in [1.807, 2.05) is 0 Å². The lowest BCUT2D eigenvalue weighted by Crippen LogP contribution is -2.38. The normalized spacial score (nSPS) is 15.2. The Kier molecular flexibility index (Phi) is 19.4. The predicted octanol–water partition coefficient (Wildman–Crippen LogP) is 11.2. The summed E-state index contributed by atoms with van der Waals surface area (Å²) < 4.78 is 0. The van der Waals surface area contributed by atoms with Gasteiger partial charge in [0.05, 0.1) is 0 Å². The molecule has 0 bridgehead atoms. The topological polar surface area (TPSA) is 6.48 Å². The molecule has 0 spiro atoms. The van der Waals surface area contributed by atoms with Gasteiger partial charge in [0, 0.05) is 25.5 Å². The molecule has 1 aliphatic rings. The van der Waals surface area contributed by atoms with Gasteiger partial charge in [0.1, 0.15) is 6.17 Å². The number of nitrogens with zero attached hydrogens (tertiary/aromatic N) is 2. The minimum atomic E-state index is 0.553. The smallest absolute Gasteiger partial charge is 0.101 e. The molecule has 1 aromatic rings. The van der Waals surface area contributed by atoms with Crippen LogP contribution in [0, 0.1) is 0 Å². The third kappa shape index (κ3) is 15.5. The average molecular weight is 511 g/mol. The Morgan fingerprint density at radius 3 is 1.43 bits per heavy atom. The number of hydrogen-bond acceptors (Lipinski definition) is 2. The van der Waals surface area contributed by atoms with Crippen LogP contribution in [0.25, 0.3) is 0 Å². The molecule has 2 nitrogen and oxygen atoms in total. The molecule has 0 aliphatic carbocycles. The molecule has 0 saturated heterocycles. The molecule has 37 heavy (non-hydrogen) atoms. The van der Waals surface area contributed by atoms with Gasteiger partial charge >= 0.3 is 0 Å². The molecule has 1 unspecified atom stereocenters. The van der Waals surface area contributed by atoms with Gasteiger partial charge in [-0.2, -0.15) is 0 Å². The van der Waals surface area contributed by atoms with E-state index in [1.165, 1.54) is 153 Å². The highest BCUT2D eigenvalue weighted by atomic mass is 15.4. The molecular weight excluding hydrogens is 448 g/mol. The van der Waals surface area contributed by atoms with Crippen molar-refractivity contribution in [2.45, 2.75) is 168 Å². The SMILES string of the molecule is CCCCCCCCCCCCCN1C=CN(Cc2ccccc2)C1CCCCCCCCCCCC. The number of rotatable bonds is 25. The molecule has 212 valence electrons. The molecule has 0 amide bonds. The third-order valence-electron chi connectivity index (χ3n) is 8.26. The Bertz CT molecular complexity index is 640. The van der Waals surface area contributed by atoms with E-state index in [-0.39, 0.29) is 0 Å². The summed E-state index contributed by atoms with van der Waals surface area (Å²) in [4.78, 5) is 5.26. The van der Waals surface area contributed by atoms with Crippen molar-refractivity contribution in [2.75, 3.05) is 6.54 Å². The largest absolute Gasteiger partial charge is 0.356 e. The van der Waals surface area contributed by atoms with Gasteiger partial charge in [0.15, 0.2) is 0 Å². The van der Waals surface area contributed by atoms with E-state index in [0.29, 0.717) is 6.17 Å². The van der Waals surface area contributed by atoms with E-state index in [2.05, 4.69) is 66.4 Å². The van der Waals surface area contributed by atoms with Crippen molar-refractivity contribution in [1.29, 1.82) is 0 Å². The Balaban J connectivity index is 1.62. The first-order chi connectivity index (χ1) is 18.3. The van der Waals surface area contributed by atoms with Gasteiger partial charge in [-0.15, -0.1) is 0 Å². The fraction of sp³-hybridized carbons (Fsp3) is 0.771. The lowest BCUT2D eigenvalue weighted by atomic mass is 10.0. The summed E-state index contributed by atoms with van der Waals surface area (Å²) in [6, 6.07) is 11.0. The lowest BCUT2D eigenvalue weighted by Gasteiger charge is -2.33. The third-order valence-corrected chi connectivity index (χ3v) is 8.26. The van der Waals surface area contributed by atoms with Crippen molar-refractivity contribution >= 4 is 0 Å². The zero-order valence-corrected chi connectivity index (χ0v) is 25.0.